The van der Waals surface area contributed by atoms with E-state index in [4.69, 9.17) is 9.39 Å². The molecule has 1 atom stereocenters. The normalized spacial score (nSPS) is 16.7. The van der Waals surface area contributed by atoms with E-state index in [1.807, 2.05) is 0 Å². The van der Waals surface area contributed by atoms with E-state index in [0.29, 0.717) is 12.0 Å². The van der Waals surface area contributed by atoms with Gasteiger partial charge in [0.2, 0.25) is 5.91 Å². The molecule has 0 radical (unpaired) electrons. The maximum absolute atomic E-state index is 11.4. The van der Waals surface area contributed by atoms with E-state index in [-0.39, 0.29) is 29.4 Å². The summed E-state index contributed by atoms with van der Waals surface area (Å²) in [6, 6.07) is 3.19. The molecule has 1 aliphatic heterocycles. The summed E-state index contributed by atoms with van der Waals surface area (Å²) in [6.45, 7) is 1.70. The Morgan fingerprint density at radius 2 is 2.24 bits per heavy atom. The van der Waals surface area contributed by atoms with Gasteiger partial charge in [-0.1, -0.05) is 13.0 Å². The van der Waals surface area contributed by atoms with E-state index >= 15 is 0 Å². The highest BCUT2D eigenvalue weighted by molar-refractivity contribution is 6.47. The Hall–Kier alpha value is -2.22. The Kier molecular flexibility index (Phi) is 4.37. The first kappa shape index (κ1) is 15.2. The average molecular weight is 293 g/mol. The number of benzene rings is 1. The van der Waals surface area contributed by atoms with Gasteiger partial charge in [0, 0.05) is 6.42 Å². The molecule has 1 heterocycles. The van der Waals surface area contributed by atoms with Gasteiger partial charge in [0.15, 0.2) is 0 Å². The molecule has 1 aromatic rings. The number of fused-ring (bicyclic) bond motifs is 1. The lowest BCUT2D eigenvalue weighted by atomic mass is 9.72. The van der Waals surface area contributed by atoms with Gasteiger partial charge in [-0.3, -0.25) is 4.79 Å². The van der Waals surface area contributed by atoms with Gasteiger partial charge in [-0.2, -0.15) is 0 Å². The number of carboxylic acids is 1. The molecular weight excluding hydrogens is 277 g/mol. The molecule has 7 nitrogen and oxygen atoms in total. The first-order valence-electron chi connectivity index (χ1n) is 6.55. The van der Waals surface area contributed by atoms with Crippen molar-refractivity contribution in [1.29, 1.82) is 0 Å². The van der Waals surface area contributed by atoms with Gasteiger partial charge in [-0.15, -0.1) is 0 Å². The van der Waals surface area contributed by atoms with Crippen molar-refractivity contribution in [2.24, 2.45) is 0 Å². The lowest BCUT2D eigenvalue weighted by Crippen LogP contribution is -2.53. The second-order valence-electron chi connectivity index (χ2n) is 4.68. The number of carbonyl (C=O) groups is 2. The quantitative estimate of drug-likeness (QED) is 0.687. The van der Waals surface area contributed by atoms with Crippen LogP contribution in [-0.2, 0) is 11.2 Å². The smallest absolute Gasteiger partial charge is 0.534 e. The van der Waals surface area contributed by atoms with Crippen molar-refractivity contribution in [3.05, 3.63) is 23.3 Å². The van der Waals surface area contributed by atoms with Crippen molar-refractivity contribution in [1.82, 2.24) is 5.32 Å². The zero-order valence-corrected chi connectivity index (χ0v) is 11.8. The van der Waals surface area contributed by atoms with Crippen molar-refractivity contribution in [2.75, 3.05) is 7.11 Å². The number of methoxy groups -OCH3 is 1. The molecule has 1 amide bonds. The van der Waals surface area contributed by atoms with Gasteiger partial charge in [-0.25, -0.2) is 4.79 Å². The number of hydrogen-bond donors (Lipinski definition) is 3. The van der Waals surface area contributed by atoms with Crippen molar-refractivity contribution in [2.45, 2.75) is 25.7 Å². The third-order valence-electron chi connectivity index (χ3n) is 3.32. The standard InChI is InChI=1S/C13H16BNO6/c1-3-10(16)15-9-6-7-4-5-8(20-2)11(13(17)18)12(7)21-14(9)19/h4-5,9,19H,3,6H2,1-2H3,(H,15,16)(H,17,18)/t9-/m0/s1. The monoisotopic (exact) mass is 293 g/mol. The van der Waals surface area contributed by atoms with Gasteiger partial charge in [0.25, 0.3) is 0 Å². The maximum atomic E-state index is 11.4. The number of carboxylic acid groups (broad SMARTS) is 1. The molecule has 2 rings (SSSR count). The van der Waals surface area contributed by atoms with Crippen LogP contribution >= 0.6 is 0 Å². The molecule has 8 heteroatoms. The van der Waals surface area contributed by atoms with E-state index in [9.17, 15) is 19.7 Å². The van der Waals surface area contributed by atoms with Gasteiger partial charge in [-0.05, 0) is 18.1 Å². The summed E-state index contributed by atoms with van der Waals surface area (Å²) in [5.74, 6) is -1.79. The van der Waals surface area contributed by atoms with Crippen molar-refractivity contribution >= 4 is 19.0 Å². The van der Waals surface area contributed by atoms with Gasteiger partial charge in [0.05, 0.1) is 13.1 Å². The molecule has 0 aromatic heterocycles. The second-order valence-corrected chi connectivity index (χ2v) is 4.68. The summed E-state index contributed by atoms with van der Waals surface area (Å²) in [6.07, 6.45) is 0.575. The Labute approximate surface area is 122 Å². The van der Waals surface area contributed by atoms with Crippen LogP contribution in [0.1, 0.15) is 29.3 Å². The van der Waals surface area contributed by atoms with E-state index in [2.05, 4.69) is 5.32 Å². The molecule has 0 spiro atoms. The number of carbonyl (C=O) groups excluding carboxylic acids is 1. The van der Waals surface area contributed by atoms with Crippen LogP contribution in [0.25, 0.3) is 0 Å². The number of hydrogen-bond acceptors (Lipinski definition) is 5. The fourth-order valence-electron chi connectivity index (χ4n) is 2.25. The molecule has 0 unspecified atom stereocenters. The molecule has 1 aromatic carbocycles. The zero-order valence-electron chi connectivity index (χ0n) is 11.8. The molecule has 3 N–H and O–H groups in total. The molecule has 112 valence electrons. The fraction of sp³-hybridized carbons (Fsp3) is 0.385. The minimum absolute atomic E-state index is 0.0800. The van der Waals surface area contributed by atoms with Gasteiger partial charge < -0.3 is 24.8 Å². The highest BCUT2D eigenvalue weighted by Gasteiger charge is 2.38. The Morgan fingerprint density at radius 1 is 1.52 bits per heavy atom. The van der Waals surface area contributed by atoms with Crippen LogP contribution in [0.15, 0.2) is 12.1 Å². The maximum Gasteiger partial charge on any atom is 0.547 e. The predicted octanol–water partition coefficient (Wildman–Crippen LogP) is 0.243. The fourth-order valence-corrected chi connectivity index (χ4v) is 2.25. The molecule has 0 saturated carbocycles. The van der Waals surface area contributed by atoms with E-state index in [1.165, 1.54) is 13.2 Å². The number of ether oxygens (including phenoxy) is 1. The third-order valence-corrected chi connectivity index (χ3v) is 3.32. The topological polar surface area (TPSA) is 105 Å². The van der Waals surface area contributed by atoms with Crippen LogP contribution in [0.4, 0.5) is 0 Å². The highest BCUT2D eigenvalue weighted by atomic mass is 16.5. The lowest BCUT2D eigenvalue weighted by Gasteiger charge is -2.29. The lowest BCUT2D eigenvalue weighted by molar-refractivity contribution is -0.121. The third kappa shape index (κ3) is 2.95. The van der Waals surface area contributed by atoms with Crippen LogP contribution < -0.4 is 14.7 Å². The SMILES string of the molecule is CCC(=O)N[C@H]1Cc2ccc(OC)c(C(=O)O)c2OB1O. The van der Waals surface area contributed by atoms with Crippen molar-refractivity contribution < 1.29 is 29.1 Å². The molecule has 0 aliphatic carbocycles. The van der Waals surface area contributed by atoms with E-state index in [1.54, 1.807) is 13.0 Å². The molecule has 0 saturated heterocycles. The Balaban J connectivity index is 2.36. The first-order valence-corrected chi connectivity index (χ1v) is 6.55. The summed E-state index contributed by atoms with van der Waals surface area (Å²) < 4.78 is 10.3. The largest absolute Gasteiger partial charge is 0.547 e. The van der Waals surface area contributed by atoms with Gasteiger partial charge in [0.1, 0.15) is 17.1 Å². The zero-order chi connectivity index (χ0) is 15.6. The second kappa shape index (κ2) is 6.05. The van der Waals surface area contributed by atoms with Gasteiger partial charge >= 0.3 is 13.1 Å². The van der Waals surface area contributed by atoms with Crippen LogP contribution in [-0.4, -0.2) is 42.2 Å². The number of amides is 1. The predicted molar refractivity (Wildman–Crippen MR) is 74.5 cm³/mol. The summed E-state index contributed by atoms with van der Waals surface area (Å²) in [5, 5.41) is 21.9. The molecular formula is C13H16BNO6. The molecule has 1 aliphatic rings. The van der Waals surface area contributed by atoms with Crippen LogP contribution in [0, 0.1) is 0 Å². The summed E-state index contributed by atoms with van der Waals surface area (Å²) in [4.78, 5) is 22.8. The Bertz CT molecular complexity index is 576. The molecule has 0 fully saturated rings. The van der Waals surface area contributed by atoms with E-state index < -0.39 is 19.0 Å². The first-order chi connectivity index (χ1) is 9.97. The summed E-state index contributed by atoms with van der Waals surface area (Å²) in [7, 11) is 0.0516. The number of rotatable bonds is 4. The minimum atomic E-state index is -1.31. The number of nitrogens with one attached hydrogen (secondary N) is 1. The number of aromatic carboxylic acids is 1. The molecule has 0 bridgehead atoms. The van der Waals surface area contributed by atoms with E-state index in [0.717, 1.165) is 0 Å². The Morgan fingerprint density at radius 3 is 2.81 bits per heavy atom. The van der Waals surface area contributed by atoms with Crippen LogP contribution in [0.2, 0.25) is 0 Å². The average Bonchev–Trinajstić information content (AvgIpc) is 2.46. The van der Waals surface area contributed by atoms with Crippen LogP contribution in [0.5, 0.6) is 11.5 Å². The summed E-state index contributed by atoms with van der Waals surface area (Å²) >= 11 is 0. The van der Waals surface area contributed by atoms with Crippen molar-refractivity contribution in [3.8, 4) is 11.5 Å². The minimum Gasteiger partial charge on any atom is -0.534 e. The highest BCUT2D eigenvalue weighted by Crippen LogP contribution is 2.36. The van der Waals surface area contributed by atoms with Crippen molar-refractivity contribution in [3.63, 3.8) is 0 Å². The molecule has 21 heavy (non-hydrogen) atoms. The summed E-state index contributed by atoms with van der Waals surface area (Å²) in [5.41, 5.74) is 0.467. The van der Waals surface area contributed by atoms with Crippen LogP contribution in [0.3, 0.4) is 0 Å².